The molecule has 7 rings (SSSR count). The Bertz CT molecular complexity index is 1640. The second kappa shape index (κ2) is 10.2. The number of thiazole rings is 1. The van der Waals surface area contributed by atoms with Crippen molar-refractivity contribution in [3.8, 4) is 0 Å². The molecular weight excluding hydrogens is 508 g/mol. The number of H-pyrrole nitrogens is 1. The van der Waals surface area contributed by atoms with Crippen molar-refractivity contribution in [2.75, 3.05) is 31.1 Å². The quantitative estimate of drug-likeness (QED) is 0.340. The van der Waals surface area contributed by atoms with Crippen molar-refractivity contribution >= 4 is 37.6 Å². The number of anilines is 1. The van der Waals surface area contributed by atoms with Crippen LogP contribution < -0.4 is 10.5 Å². The number of pyridine rings is 1. The number of nitrogens with zero attached hydrogens (tertiary/aromatic N) is 7. The monoisotopic (exact) mass is 540 g/mol. The highest BCUT2D eigenvalue weighted by molar-refractivity contribution is 7.22. The van der Waals surface area contributed by atoms with E-state index in [1.165, 1.54) is 24.0 Å². The van der Waals surface area contributed by atoms with Gasteiger partial charge in [-0.1, -0.05) is 54.9 Å². The minimum atomic E-state index is -0.325. The van der Waals surface area contributed by atoms with Gasteiger partial charge >= 0.3 is 0 Å². The maximum atomic E-state index is 13.6. The predicted molar refractivity (Wildman–Crippen MR) is 154 cm³/mol. The summed E-state index contributed by atoms with van der Waals surface area (Å²) >= 11 is 1.74. The molecule has 0 spiro atoms. The molecule has 5 aromatic rings. The fraction of sp³-hybridized carbons (Fsp3) is 0.414. The Balaban J connectivity index is 1.25. The molecule has 4 heterocycles. The summed E-state index contributed by atoms with van der Waals surface area (Å²) in [4.78, 5) is 26.4. The van der Waals surface area contributed by atoms with Gasteiger partial charge in [0.25, 0.3) is 5.56 Å². The lowest BCUT2D eigenvalue weighted by atomic mass is 9.95. The first-order valence-corrected chi connectivity index (χ1v) is 14.7. The van der Waals surface area contributed by atoms with Crippen LogP contribution in [-0.2, 0) is 0 Å². The molecule has 1 saturated carbocycles. The van der Waals surface area contributed by atoms with E-state index in [4.69, 9.17) is 4.98 Å². The van der Waals surface area contributed by atoms with E-state index >= 15 is 0 Å². The zero-order chi connectivity index (χ0) is 26.3. The van der Waals surface area contributed by atoms with Crippen molar-refractivity contribution in [3.05, 3.63) is 75.8 Å². The zero-order valence-electron chi connectivity index (χ0n) is 22.1. The molecule has 1 N–H and O–H groups in total. The number of para-hydroxylation sites is 1. The number of fused-ring (bicyclic) bond motifs is 2. The lowest BCUT2D eigenvalue weighted by molar-refractivity contribution is 0.192. The Morgan fingerprint density at radius 1 is 1.00 bits per heavy atom. The molecule has 2 aromatic carbocycles. The molecule has 2 aliphatic rings. The highest BCUT2D eigenvalue weighted by atomic mass is 32.1. The highest BCUT2D eigenvalue weighted by Crippen LogP contribution is 2.35. The summed E-state index contributed by atoms with van der Waals surface area (Å²) < 4.78 is 3.22. The second-order valence-electron chi connectivity index (χ2n) is 10.8. The zero-order valence-corrected chi connectivity index (χ0v) is 22.9. The molecule has 3 aromatic heterocycles. The molecule has 2 fully saturated rings. The number of rotatable bonds is 5. The van der Waals surface area contributed by atoms with Gasteiger partial charge in [-0.3, -0.25) is 9.69 Å². The molecule has 1 aliphatic carbocycles. The van der Waals surface area contributed by atoms with Crippen LogP contribution in [0.2, 0.25) is 0 Å². The molecule has 0 unspecified atom stereocenters. The Morgan fingerprint density at radius 3 is 2.64 bits per heavy atom. The molecule has 0 radical (unpaired) electrons. The van der Waals surface area contributed by atoms with E-state index in [-0.39, 0.29) is 17.6 Å². The van der Waals surface area contributed by atoms with E-state index in [0.717, 1.165) is 72.0 Å². The summed E-state index contributed by atoms with van der Waals surface area (Å²) in [5.74, 6) is 0.771. The van der Waals surface area contributed by atoms with Gasteiger partial charge in [0, 0.05) is 37.3 Å². The molecule has 9 nitrogen and oxygen atoms in total. The van der Waals surface area contributed by atoms with Crippen molar-refractivity contribution in [2.24, 2.45) is 0 Å². The van der Waals surface area contributed by atoms with Gasteiger partial charge in [-0.15, -0.1) is 5.10 Å². The molecular formula is C29H32N8OS. The minimum Gasteiger partial charge on any atom is -0.345 e. The number of hydrogen-bond donors (Lipinski definition) is 1. The first kappa shape index (κ1) is 24.4. The first-order valence-electron chi connectivity index (χ1n) is 13.9. The fourth-order valence-electron chi connectivity index (χ4n) is 6.17. The predicted octanol–water partition coefficient (Wildman–Crippen LogP) is 4.85. The van der Waals surface area contributed by atoms with E-state index in [1.807, 2.05) is 29.8 Å². The van der Waals surface area contributed by atoms with Gasteiger partial charge in [0.2, 0.25) is 0 Å². The third-order valence-electron chi connectivity index (χ3n) is 8.24. The molecule has 1 atom stereocenters. The lowest BCUT2D eigenvalue weighted by Gasteiger charge is -2.39. The van der Waals surface area contributed by atoms with Crippen LogP contribution >= 0.6 is 11.3 Å². The van der Waals surface area contributed by atoms with Crippen molar-refractivity contribution < 1.29 is 0 Å². The summed E-state index contributed by atoms with van der Waals surface area (Å²) in [7, 11) is 0. The Labute approximate surface area is 230 Å². The molecule has 1 aliphatic heterocycles. The van der Waals surface area contributed by atoms with Crippen LogP contribution in [0.4, 0.5) is 5.13 Å². The van der Waals surface area contributed by atoms with Crippen LogP contribution in [-0.4, -0.2) is 61.3 Å². The van der Waals surface area contributed by atoms with Crippen LogP contribution in [0, 0.1) is 6.92 Å². The smallest absolute Gasteiger partial charge is 0.253 e. The van der Waals surface area contributed by atoms with Crippen LogP contribution in [0.5, 0.6) is 0 Å². The van der Waals surface area contributed by atoms with E-state index < -0.39 is 0 Å². The van der Waals surface area contributed by atoms with E-state index in [2.05, 4.69) is 60.6 Å². The topological polar surface area (TPSA) is 95.8 Å². The summed E-state index contributed by atoms with van der Waals surface area (Å²) in [6.45, 7) is 5.25. The number of aromatic amines is 1. The maximum absolute atomic E-state index is 13.6. The van der Waals surface area contributed by atoms with Crippen molar-refractivity contribution in [3.63, 3.8) is 0 Å². The van der Waals surface area contributed by atoms with E-state index in [9.17, 15) is 4.79 Å². The van der Waals surface area contributed by atoms with Crippen molar-refractivity contribution in [1.29, 1.82) is 0 Å². The third kappa shape index (κ3) is 4.61. The average Bonchev–Trinajstić information content (AvgIpc) is 3.62. The summed E-state index contributed by atoms with van der Waals surface area (Å²) in [5, 5.41) is 15.2. The van der Waals surface area contributed by atoms with Gasteiger partial charge in [0.05, 0.1) is 16.3 Å². The van der Waals surface area contributed by atoms with Gasteiger partial charge < -0.3 is 9.88 Å². The van der Waals surface area contributed by atoms with Crippen molar-refractivity contribution in [1.82, 2.24) is 35.1 Å². The molecule has 0 amide bonds. The molecule has 0 bridgehead atoms. The fourth-order valence-corrected chi connectivity index (χ4v) is 7.18. The van der Waals surface area contributed by atoms with Crippen LogP contribution in [0.15, 0.2) is 53.3 Å². The third-order valence-corrected chi connectivity index (χ3v) is 9.34. The van der Waals surface area contributed by atoms with Gasteiger partial charge in [0.15, 0.2) is 11.0 Å². The average molecular weight is 541 g/mol. The van der Waals surface area contributed by atoms with Gasteiger partial charge in [-0.25, -0.2) is 9.67 Å². The number of aryl methyl sites for hydroxylation is 1. The largest absolute Gasteiger partial charge is 0.345 e. The second-order valence-corrected chi connectivity index (χ2v) is 11.8. The molecule has 200 valence electrons. The van der Waals surface area contributed by atoms with Gasteiger partial charge in [0.1, 0.15) is 6.04 Å². The van der Waals surface area contributed by atoms with E-state index in [1.54, 1.807) is 11.3 Å². The maximum Gasteiger partial charge on any atom is 0.253 e. The number of benzene rings is 2. The number of hydrogen-bond acceptors (Lipinski definition) is 8. The summed E-state index contributed by atoms with van der Waals surface area (Å²) in [5.41, 5.74) is 3.64. The Kier molecular flexibility index (Phi) is 6.36. The van der Waals surface area contributed by atoms with Crippen LogP contribution in [0.1, 0.15) is 61.1 Å². The highest BCUT2D eigenvalue weighted by Gasteiger charge is 2.35. The minimum absolute atomic E-state index is 0.0788. The Hall–Kier alpha value is -3.63. The van der Waals surface area contributed by atoms with Crippen molar-refractivity contribution in [2.45, 2.75) is 51.1 Å². The van der Waals surface area contributed by atoms with Gasteiger partial charge in [-0.2, -0.15) is 0 Å². The summed E-state index contributed by atoms with van der Waals surface area (Å²) in [6.07, 6.45) is 5.78. The normalized spacial score (nSPS) is 18.2. The summed E-state index contributed by atoms with van der Waals surface area (Å²) in [6, 6.07) is 16.5. The molecule has 39 heavy (non-hydrogen) atoms. The van der Waals surface area contributed by atoms with E-state index in [0.29, 0.717) is 5.56 Å². The standard InChI is InChI=1S/C29H32N8OS/c1-19-11-12-20-18-22(28(38)30-24(20)17-19)26(27-32-33-34-37(27)21-7-3-2-4-8-21)35-13-15-36(16-14-35)29-31-23-9-5-6-10-25(23)39-29/h5-6,9-12,17-18,21,26H,2-4,7-8,13-16H2,1H3,(H,30,38)/t26-/m0/s1. The van der Waals surface area contributed by atoms with Crippen LogP contribution in [0.3, 0.4) is 0 Å². The first-order chi connectivity index (χ1) is 19.1. The lowest BCUT2D eigenvalue weighted by Crippen LogP contribution is -2.49. The Morgan fingerprint density at radius 2 is 1.82 bits per heavy atom. The number of nitrogens with one attached hydrogen (secondary N) is 1. The SMILES string of the molecule is Cc1ccc2cc([C@@H](c3nnnn3C3CCCCC3)N3CCN(c4nc5ccccc5s4)CC3)c(=O)[nH]c2c1. The number of tetrazole rings is 1. The molecule has 10 heteroatoms. The number of aromatic nitrogens is 6. The molecule has 1 saturated heterocycles. The van der Waals surface area contributed by atoms with Gasteiger partial charge in [-0.05, 0) is 65.4 Å². The number of piperazine rings is 1. The van der Waals surface area contributed by atoms with Crippen LogP contribution in [0.25, 0.3) is 21.1 Å².